The normalized spacial score (nSPS) is 16.3. The van der Waals surface area contributed by atoms with Crippen molar-refractivity contribution in [1.82, 2.24) is 19.7 Å². The van der Waals surface area contributed by atoms with Gasteiger partial charge >= 0.3 is 6.18 Å². The van der Waals surface area contributed by atoms with Gasteiger partial charge in [0.2, 0.25) is 11.7 Å². The third kappa shape index (κ3) is 4.58. The Morgan fingerprint density at radius 3 is 2.43 bits per heavy atom. The maximum absolute atomic E-state index is 13.9. The number of aliphatic hydroxyl groups excluding tert-OH is 1. The molecule has 0 fully saturated rings. The highest BCUT2D eigenvalue weighted by molar-refractivity contribution is 5.76. The number of hydrogen-bond acceptors (Lipinski definition) is 4. The average molecular weight is 436 g/mol. The van der Waals surface area contributed by atoms with Gasteiger partial charge in [-0.3, -0.25) is 4.79 Å². The van der Waals surface area contributed by atoms with Crippen molar-refractivity contribution < 1.29 is 36.2 Å². The highest BCUT2D eigenvalue weighted by atomic mass is 19.4. The third-order valence-corrected chi connectivity index (χ3v) is 5.05. The summed E-state index contributed by atoms with van der Waals surface area (Å²) in [5.74, 6) is -6.08. The van der Waals surface area contributed by atoms with Crippen LogP contribution in [0.25, 0.3) is 0 Å². The molecule has 0 saturated heterocycles. The molecule has 2 aromatic rings. The first-order valence-corrected chi connectivity index (χ1v) is 9.06. The van der Waals surface area contributed by atoms with Gasteiger partial charge in [-0.1, -0.05) is 0 Å². The van der Waals surface area contributed by atoms with E-state index in [9.17, 15) is 36.2 Å². The van der Waals surface area contributed by atoms with E-state index in [2.05, 4.69) is 10.2 Å². The van der Waals surface area contributed by atoms with Crippen molar-refractivity contribution >= 4 is 5.91 Å². The van der Waals surface area contributed by atoms with E-state index in [1.54, 1.807) is 0 Å². The molecule has 1 unspecified atom stereocenters. The lowest BCUT2D eigenvalue weighted by Crippen LogP contribution is -2.41. The number of nitrogens with zero attached hydrogens (tertiary/aromatic N) is 4. The van der Waals surface area contributed by atoms with Crippen LogP contribution in [0.15, 0.2) is 12.1 Å². The van der Waals surface area contributed by atoms with Gasteiger partial charge in [0.1, 0.15) is 5.82 Å². The number of aromatic nitrogens is 3. The molecular weight excluding hydrogens is 418 g/mol. The van der Waals surface area contributed by atoms with Gasteiger partial charge < -0.3 is 14.6 Å². The smallest absolute Gasteiger partial charge is 0.393 e. The molecule has 2 atom stereocenters. The van der Waals surface area contributed by atoms with E-state index in [0.717, 1.165) is 4.57 Å². The van der Waals surface area contributed by atoms with Crippen LogP contribution in [-0.2, 0) is 30.5 Å². The summed E-state index contributed by atoms with van der Waals surface area (Å²) >= 11 is 0. The molecule has 2 heterocycles. The Labute approximate surface area is 167 Å². The zero-order valence-electron chi connectivity index (χ0n) is 15.8. The molecule has 164 valence electrons. The fourth-order valence-corrected chi connectivity index (χ4v) is 3.35. The number of aliphatic hydroxyl groups is 1. The number of rotatable bonds is 5. The van der Waals surface area contributed by atoms with Gasteiger partial charge in [0, 0.05) is 25.6 Å². The first-order chi connectivity index (χ1) is 14.0. The molecule has 30 heavy (non-hydrogen) atoms. The molecule has 0 saturated carbocycles. The van der Waals surface area contributed by atoms with Gasteiger partial charge in [-0.05, 0) is 30.9 Å². The van der Waals surface area contributed by atoms with E-state index < -0.39 is 47.4 Å². The Morgan fingerprint density at radius 1 is 1.13 bits per heavy atom. The van der Waals surface area contributed by atoms with E-state index in [1.807, 2.05) is 0 Å². The Balaban J connectivity index is 1.71. The first kappa shape index (κ1) is 22.1. The maximum atomic E-state index is 13.9. The number of halogens is 6. The highest BCUT2D eigenvalue weighted by Crippen LogP contribution is 2.30. The van der Waals surface area contributed by atoms with Crippen molar-refractivity contribution in [3.8, 4) is 0 Å². The van der Waals surface area contributed by atoms with Gasteiger partial charge in [0.05, 0.1) is 12.6 Å². The summed E-state index contributed by atoms with van der Waals surface area (Å²) in [5, 5.41) is 16.6. The van der Waals surface area contributed by atoms with Crippen molar-refractivity contribution in [1.29, 1.82) is 0 Å². The molecule has 12 heteroatoms. The predicted molar refractivity (Wildman–Crippen MR) is 90.2 cm³/mol. The Hall–Kier alpha value is -2.63. The minimum absolute atomic E-state index is 0.0258. The van der Waals surface area contributed by atoms with Gasteiger partial charge in [-0.15, -0.1) is 10.2 Å². The van der Waals surface area contributed by atoms with E-state index >= 15 is 0 Å². The second kappa shape index (κ2) is 8.25. The minimum atomic E-state index is -4.66. The molecule has 0 spiro atoms. The molecule has 1 aliphatic heterocycles. The van der Waals surface area contributed by atoms with Gasteiger partial charge in [-0.2, -0.15) is 13.2 Å². The lowest BCUT2D eigenvalue weighted by molar-refractivity contribution is -0.148. The minimum Gasteiger partial charge on any atom is -0.393 e. The summed E-state index contributed by atoms with van der Waals surface area (Å²) in [5.41, 5.74) is -0.194. The van der Waals surface area contributed by atoms with Crippen LogP contribution in [0.1, 0.15) is 30.6 Å². The molecule has 1 aromatic heterocycles. The van der Waals surface area contributed by atoms with Crippen LogP contribution in [0.5, 0.6) is 0 Å². The summed E-state index contributed by atoms with van der Waals surface area (Å²) in [6, 6.07) is 1.06. The topological polar surface area (TPSA) is 71.2 Å². The summed E-state index contributed by atoms with van der Waals surface area (Å²) in [6.45, 7) is 0.991. The van der Waals surface area contributed by atoms with Crippen LogP contribution in [0.4, 0.5) is 26.3 Å². The van der Waals surface area contributed by atoms with Gasteiger partial charge in [0.25, 0.3) is 0 Å². The summed E-state index contributed by atoms with van der Waals surface area (Å²) < 4.78 is 80.0. The van der Waals surface area contributed by atoms with E-state index in [4.69, 9.17) is 0 Å². The quantitative estimate of drug-likeness (QED) is 0.578. The van der Waals surface area contributed by atoms with Crippen LogP contribution in [0.2, 0.25) is 0 Å². The molecule has 0 bridgehead atoms. The van der Waals surface area contributed by atoms with Crippen LogP contribution < -0.4 is 0 Å². The maximum Gasteiger partial charge on any atom is 0.451 e. The Kier molecular flexibility index (Phi) is 6.06. The Morgan fingerprint density at radius 2 is 1.80 bits per heavy atom. The molecule has 0 aliphatic carbocycles. The lowest BCUT2D eigenvalue weighted by atomic mass is 9.90. The highest BCUT2D eigenvalue weighted by Gasteiger charge is 2.40. The van der Waals surface area contributed by atoms with Crippen LogP contribution >= 0.6 is 0 Å². The van der Waals surface area contributed by atoms with E-state index in [1.165, 1.54) is 11.8 Å². The molecule has 1 aromatic carbocycles. The fraction of sp³-hybridized carbons (Fsp3) is 0.500. The second-order valence-corrected chi connectivity index (χ2v) is 7.17. The first-order valence-electron chi connectivity index (χ1n) is 9.06. The van der Waals surface area contributed by atoms with Crippen molar-refractivity contribution in [3.63, 3.8) is 0 Å². The average Bonchev–Trinajstić information content (AvgIpc) is 3.08. The van der Waals surface area contributed by atoms with E-state index in [-0.39, 0.29) is 43.9 Å². The largest absolute Gasteiger partial charge is 0.451 e. The number of carbonyl (C=O) groups is 1. The van der Waals surface area contributed by atoms with Crippen LogP contribution in [-0.4, -0.2) is 43.3 Å². The number of fused-ring (bicyclic) bond motifs is 1. The zero-order valence-corrected chi connectivity index (χ0v) is 15.8. The van der Waals surface area contributed by atoms with Crippen molar-refractivity contribution in [3.05, 3.63) is 46.8 Å². The van der Waals surface area contributed by atoms with Gasteiger partial charge in [-0.25, -0.2) is 13.2 Å². The Bertz CT molecular complexity index is 943. The lowest BCUT2D eigenvalue weighted by Gasteiger charge is -2.30. The van der Waals surface area contributed by atoms with Crippen molar-refractivity contribution in [2.24, 2.45) is 5.92 Å². The number of benzene rings is 1. The molecule has 1 N–H and O–H groups in total. The molecular formula is C18H18F6N4O2. The third-order valence-electron chi connectivity index (χ3n) is 5.05. The fourth-order valence-electron chi connectivity index (χ4n) is 3.35. The number of amides is 1. The molecule has 6 nitrogen and oxygen atoms in total. The standard InChI is InChI=1S/C18H18F6N4O2/c1-9(29)10(4-11-5-13(20)14(21)7-12(11)19)6-16(30)27-2-3-28-15(8-27)25-26-17(28)18(22,23)24/h5,7,9-10,29H,2-4,6,8H2,1H3/t9-,10?/m1/s1. The van der Waals surface area contributed by atoms with E-state index in [0.29, 0.717) is 12.1 Å². The SMILES string of the molecule is C[C@@H](O)C(CC(=O)N1CCn2c(nnc2C(F)(F)F)C1)Cc1cc(F)c(F)cc1F. The molecule has 1 amide bonds. The monoisotopic (exact) mass is 436 g/mol. The molecule has 0 radical (unpaired) electrons. The van der Waals surface area contributed by atoms with Crippen molar-refractivity contribution in [2.75, 3.05) is 6.54 Å². The number of hydrogen-bond donors (Lipinski definition) is 1. The second-order valence-electron chi connectivity index (χ2n) is 7.17. The number of alkyl halides is 3. The molecule has 3 rings (SSSR count). The summed E-state index contributed by atoms with van der Waals surface area (Å²) in [4.78, 5) is 13.9. The van der Waals surface area contributed by atoms with Gasteiger partial charge in [0.15, 0.2) is 17.5 Å². The number of carbonyl (C=O) groups excluding carboxylic acids is 1. The summed E-state index contributed by atoms with van der Waals surface area (Å²) in [7, 11) is 0. The van der Waals surface area contributed by atoms with Crippen LogP contribution in [0.3, 0.4) is 0 Å². The molecule has 1 aliphatic rings. The predicted octanol–water partition coefficient (Wildman–Crippen LogP) is 2.69. The zero-order chi connectivity index (χ0) is 22.2. The van der Waals surface area contributed by atoms with Crippen molar-refractivity contribution in [2.45, 2.75) is 45.1 Å². The summed E-state index contributed by atoms with van der Waals surface area (Å²) in [6.07, 6.45) is -6.24. The van der Waals surface area contributed by atoms with Crippen LogP contribution in [0, 0.1) is 23.4 Å².